The number of aryl methyl sites for hydroxylation is 1. The quantitative estimate of drug-likeness (QED) is 0.580. The molecule has 4 rings (SSSR count). The molecule has 0 atom stereocenters. The van der Waals surface area contributed by atoms with Gasteiger partial charge in [0.1, 0.15) is 12.4 Å². The van der Waals surface area contributed by atoms with Gasteiger partial charge < -0.3 is 14.6 Å². The van der Waals surface area contributed by atoms with Crippen molar-refractivity contribution in [2.45, 2.75) is 57.5 Å². The van der Waals surface area contributed by atoms with Crippen molar-refractivity contribution in [3.05, 3.63) is 66.0 Å². The predicted octanol–water partition coefficient (Wildman–Crippen LogP) is 4.59. The summed E-state index contributed by atoms with van der Waals surface area (Å²) < 4.78 is 2.19. The molecule has 1 aliphatic carbocycles. The summed E-state index contributed by atoms with van der Waals surface area (Å²) in [6.07, 6.45) is 6.23. The fourth-order valence-corrected chi connectivity index (χ4v) is 4.57. The van der Waals surface area contributed by atoms with Crippen LogP contribution >= 0.6 is 0 Å². The minimum Gasteiger partial charge on any atom is -0.480 e. The lowest BCUT2D eigenvalue weighted by molar-refractivity contribution is -0.145. The van der Waals surface area contributed by atoms with Crippen LogP contribution in [0.1, 0.15) is 55.8 Å². The first-order chi connectivity index (χ1) is 15.1. The van der Waals surface area contributed by atoms with E-state index in [0.717, 1.165) is 35.3 Å². The van der Waals surface area contributed by atoms with Crippen molar-refractivity contribution in [3.63, 3.8) is 0 Å². The van der Waals surface area contributed by atoms with E-state index in [-0.39, 0.29) is 18.9 Å². The number of para-hydroxylation sites is 2. The second kappa shape index (κ2) is 9.77. The van der Waals surface area contributed by atoms with Crippen LogP contribution in [0.25, 0.3) is 11.0 Å². The maximum atomic E-state index is 13.0. The van der Waals surface area contributed by atoms with Gasteiger partial charge in [-0.1, -0.05) is 61.7 Å². The molecule has 2 aromatic carbocycles. The molecule has 1 N–H and O–H groups in total. The SMILES string of the molecule is O=C(O)CN(Cc1ccccc1)C(=O)CCn1c(C2CCCCC2)nc2ccccc21. The fourth-order valence-electron chi connectivity index (χ4n) is 4.57. The number of imidazole rings is 1. The molecule has 3 aromatic rings. The Balaban J connectivity index is 1.53. The van der Waals surface area contributed by atoms with Crippen LogP contribution in [0, 0.1) is 0 Å². The maximum absolute atomic E-state index is 13.0. The van der Waals surface area contributed by atoms with E-state index in [2.05, 4.69) is 10.6 Å². The minimum atomic E-state index is -1.000. The van der Waals surface area contributed by atoms with Crippen molar-refractivity contribution in [3.8, 4) is 0 Å². The van der Waals surface area contributed by atoms with Crippen LogP contribution in [0.2, 0.25) is 0 Å². The summed E-state index contributed by atoms with van der Waals surface area (Å²) in [6, 6.07) is 17.6. The van der Waals surface area contributed by atoms with Crippen LogP contribution in [0.5, 0.6) is 0 Å². The minimum absolute atomic E-state index is 0.154. The van der Waals surface area contributed by atoms with Gasteiger partial charge in [-0.15, -0.1) is 0 Å². The first-order valence-electron chi connectivity index (χ1n) is 11.1. The van der Waals surface area contributed by atoms with E-state index >= 15 is 0 Å². The molecule has 6 heteroatoms. The average molecular weight is 420 g/mol. The molecule has 0 saturated heterocycles. The largest absolute Gasteiger partial charge is 0.480 e. The summed E-state index contributed by atoms with van der Waals surface area (Å²) in [7, 11) is 0. The summed E-state index contributed by atoms with van der Waals surface area (Å²) in [5, 5.41) is 9.31. The zero-order valence-electron chi connectivity index (χ0n) is 17.7. The second-order valence-corrected chi connectivity index (χ2v) is 8.32. The van der Waals surface area contributed by atoms with E-state index in [4.69, 9.17) is 4.98 Å². The molecule has 1 saturated carbocycles. The zero-order valence-corrected chi connectivity index (χ0v) is 17.7. The van der Waals surface area contributed by atoms with Gasteiger partial charge >= 0.3 is 5.97 Å². The fraction of sp³-hybridized carbons (Fsp3) is 0.400. The summed E-state index contributed by atoms with van der Waals surface area (Å²) in [5.74, 6) is 0.344. The standard InChI is InChI=1S/C25H29N3O3/c29-23(27(18-24(30)31)17-19-9-3-1-4-10-19)15-16-28-22-14-8-7-13-21(22)26-25(28)20-11-5-2-6-12-20/h1,3-4,7-10,13-14,20H,2,5-6,11-12,15-18H2,(H,30,31). The first-order valence-corrected chi connectivity index (χ1v) is 11.1. The van der Waals surface area contributed by atoms with Gasteiger partial charge in [-0.2, -0.15) is 0 Å². The van der Waals surface area contributed by atoms with E-state index in [0.29, 0.717) is 19.0 Å². The Hall–Kier alpha value is -3.15. The topological polar surface area (TPSA) is 75.4 Å². The van der Waals surface area contributed by atoms with E-state index in [1.807, 2.05) is 48.5 Å². The van der Waals surface area contributed by atoms with Gasteiger partial charge in [0.2, 0.25) is 5.91 Å². The summed E-state index contributed by atoms with van der Waals surface area (Å²) in [6.45, 7) is 0.510. The molecule has 0 aliphatic heterocycles. The highest BCUT2D eigenvalue weighted by Gasteiger charge is 2.24. The molecule has 1 heterocycles. The molecular weight excluding hydrogens is 390 g/mol. The van der Waals surface area contributed by atoms with Gasteiger partial charge in [0.25, 0.3) is 0 Å². The number of carbonyl (C=O) groups excluding carboxylic acids is 1. The third-order valence-electron chi connectivity index (χ3n) is 6.10. The Morgan fingerprint density at radius 3 is 2.45 bits per heavy atom. The monoisotopic (exact) mass is 419 g/mol. The van der Waals surface area contributed by atoms with E-state index < -0.39 is 5.97 Å². The number of amides is 1. The molecule has 6 nitrogen and oxygen atoms in total. The van der Waals surface area contributed by atoms with Crippen LogP contribution in [0.4, 0.5) is 0 Å². The van der Waals surface area contributed by atoms with Crippen molar-refractivity contribution >= 4 is 22.9 Å². The molecule has 0 bridgehead atoms. The number of hydrogen-bond donors (Lipinski definition) is 1. The highest BCUT2D eigenvalue weighted by molar-refractivity contribution is 5.82. The molecule has 162 valence electrons. The Bertz CT molecular complexity index is 1040. The van der Waals surface area contributed by atoms with Crippen molar-refractivity contribution in [1.29, 1.82) is 0 Å². The van der Waals surface area contributed by atoms with E-state index in [1.54, 1.807) is 0 Å². The van der Waals surface area contributed by atoms with Crippen molar-refractivity contribution in [2.24, 2.45) is 0 Å². The molecule has 1 aliphatic rings. The zero-order chi connectivity index (χ0) is 21.6. The Morgan fingerprint density at radius 1 is 1.00 bits per heavy atom. The normalized spacial score (nSPS) is 14.6. The lowest BCUT2D eigenvalue weighted by Gasteiger charge is -2.24. The number of carboxylic acids is 1. The maximum Gasteiger partial charge on any atom is 0.323 e. The van der Waals surface area contributed by atoms with Gasteiger partial charge in [0.05, 0.1) is 11.0 Å². The summed E-state index contributed by atoms with van der Waals surface area (Å²) >= 11 is 0. The van der Waals surface area contributed by atoms with Crippen molar-refractivity contribution in [2.75, 3.05) is 6.54 Å². The molecule has 1 fully saturated rings. The van der Waals surface area contributed by atoms with Gasteiger partial charge in [-0.05, 0) is 30.5 Å². The molecular formula is C25H29N3O3. The summed E-state index contributed by atoms with van der Waals surface area (Å²) in [5.41, 5.74) is 2.93. The van der Waals surface area contributed by atoms with Crippen LogP contribution in [0.15, 0.2) is 54.6 Å². The number of nitrogens with zero attached hydrogens (tertiary/aromatic N) is 3. The molecule has 0 radical (unpaired) electrons. The summed E-state index contributed by atoms with van der Waals surface area (Å²) in [4.78, 5) is 30.7. The molecule has 1 amide bonds. The Kier molecular flexibility index (Phi) is 6.65. The second-order valence-electron chi connectivity index (χ2n) is 8.32. The van der Waals surface area contributed by atoms with Crippen molar-refractivity contribution in [1.82, 2.24) is 14.5 Å². The third-order valence-corrected chi connectivity index (χ3v) is 6.10. The van der Waals surface area contributed by atoms with Gasteiger partial charge in [-0.3, -0.25) is 9.59 Å². The highest BCUT2D eigenvalue weighted by atomic mass is 16.4. The molecule has 31 heavy (non-hydrogen) atoms. The van der Waals surface area contributed by atoms with Gasteiger partial charge in [0, 0.05) is 25.4 Å². The Morgan fingerprint density at radius 2 is 1.71 bits per heavy atom. The molecule has 1 aromatic heterocycles. The molecule has 0 spiro atoms. The lowest BCUT2D eigenvalue weighted by atomic mass is 9.88. The number of rotatable bonds is 8. The highest BCUT2D eigenvalue weighted by Crippen LogP contribution is 2.34. The Labute approximate surface area is 182 Å². The van der Waals surface area contributed by atoms with Gasteiger partial charge in [0.15, 0.2) is 0 Å². The molecule has 0 unspecified atom stereocenters. The number of carbonyl (C=O) groups is 2. The van der Waals surface area contributed by atoms with Crippen molar-refractivity contribution < 1.29 is 14.7 Å². The lowest BCUT2D eigenvalue weighted by Crippen LogP contribution is -2.35. The third kappa shape index (κ3) is 5.13. The number of fused-ring (bicyclic) bond motifs is 1. The number of aliphatic carboxylic acids is 1. The van der Waals surface area contributed by atoms with Crippen LogP contribution in [-0.2, 0) is 22.7 Å². The first kappa shape index (κ1) is 21.1. The number of aromatic nitrogens is 2. The average Bonchev–Trinajstić information content (AvgIpc) is 3.16. The number of benzene rings is 2. The van der Waals surface area contributed by atoms with Crippen LogP contribution in [-0.4, -0.2) is 38.0 Å². The predicted molar refractivity (Wildman–Crippen MR) is 120 cm³/mol. The van der Waals surface area contributed by atoms with Crippen LogP contribution < -0.4 is 0 Å². The number of carboxylic acid groups (broad SMARTS) is 1. The van der Waals surface area contributed by atoms with Crippen LogP contribution in [0.3, 0.4) is 0 Å². The smallest absolute Gasteiger partial charge is 0.323 e. The number of hydrogen-bond acceptors (Lipinski definition) is 3. The van der Waals surface area contributed by atoms with E-state index in [1.165, 1.54) is 24.2 Å². The van der Waals surface area contributed by atoms with Gasteiger partial charge in [-0.25, -0.2) is 4.98 Å². The van der Waals surface area contributed by atoms with E-state index in [9.17, 15) is 14.7 Å².